The van der Waals surface area contributed by atoms with Crippen LogP contribution in [0.4, 0.5) is 0 Å². The Kier molecular flexibility index (Phi) is 4.66. The molecule has 0 bridgehead atoms. The fourth-order valence-corrected chi connectivity index (χ4v) is 3.38. The van der Waals surface area contributed by atoms with Gasteiger partial charge in [0.25, 0.3) is 0 Å². The van der Waals surface area contributed by atoms with Crippen molar-refractivity contribution in [1.29, 1.82) is 0 Å². The zero-order chi connectivity index (χ0) is 14.7. The molecule has 3 rings (SSSR count). The molecular weight excluding hydrogens is 266 g/mol. The maximum absolute atomic E-state index is 6.01. The molecule has 0 N–H and O–H groups in total. The van der Waals surface area contributed by atoms with Gasteiger partial charge in [-0.3, -0.25) is 4.90 Å². The quantitative estimate of drug-likeness (QED) is 0.834. The predicted octanol–water partition coefficient (Wildman–Crippen LogP) is 2.72. The van der Waals surface area contributed by atoms with Gasteiger partial charge < -0.3 is 14.2 Å². The smallest absolute Gasteiger partial charge is 0.124 e. The zero-order valence-electron chi connectivity index (χ0n) is 13.0. The minimum Gasteiger partial charge on any atom is -0.497 e. The largest absolute Gasteiger partial charge is 0.497 e. The molecule has 2 aliphatic rings. The minimum atomic E-state index is 0.306. The number of methoxy groups -OCH3 is 2. The Bertz CT molecular complexity index is 459. The molecule has 2 atom stereocenters. The van der Waals surface area contributed by atoms with E-state index in [1.54, 1.807) is 7.11 Å². The van der Waals surface area contributed by atoms with Crippen molar-refractivity contribution in [1.82, 2.24) is 4.90 Å². The lowest BCUT2D eigenvalue weighted by molar-refractivity contribution is -0.0436. The molecule has 0 radical (unpaired) electrons. The molecule has 2 unspecified atom stereocenters. The highest BCUT2D eigenvalue weighted by atomic mass is 16.5. The third kappa shape index (κ3) is 3.50. The average Bonchev–Trinajstić information content (AvgIpc) is 2.50. The first-order chi connectivity index (χ1) is 10.3. The zero-order valence-corrected chi connectivity index (χ0v) is 13.0. The molecule has 0 spiro atoms. The summed E-state index contributed by atoms with van der Waals surface area (Å²) >= 11 is 0. The second kappa shape index (κ2) is 6.67. The summed E-state index contributed by atoms with van der Waals surface area (Å²) in [5, 5.41) is 0. The second-order valence-electron chi connectivity index (χ2n) is 6.05. The van der Waals surface area contributed by atoms with Gasteiger partial charge >= 0.3 is 0 Å². The summed E-state index contributed by atoms with van der Waals surface area (Å²) in [7, 11) is 3.51. The highest BCUT2D eigenvalue weighted by molar-refractivity contribution is 5.33. The van der Waals surface area contributed by atoms with Crippen LogP contribution in [0.5, 0.6) is 11.5 Å². The van der Waals surface area contributed by atoms with Gasteiger partial charge in [0.2, 0.25) is 0 Å². The second-order valence-corrected chi connectivity index (χ2v) is 6.05. The lowest BCUT2D eigenvalue weighted by atomic mass is 9.89. The van der Waals surface area contributed by atoms with Crippen molar-refractivity contribution in [3.63, 3.8) is 0 Å². The molecular formula is C17H25NO3. The molecule has 21 heavy (non-hydrogen) atoms. The highest BCUT2D eigenvalue weighted by Crippen LogP contribution is 2.29. The van der Waals surface area contributed by atoms with Crippen molar-refractivity contribution in [2.75, 3.05) is 27.3 Å². The summed E-state index contributed by atoms with van der Waals surface area (Å²) in [6.45, 7) is 2.05. The van der Waals surface area contributed by atoms with Gasteiger partial charge in [-0.15, -0.1) is 0 Å². The maximum Gasteiger partial charge on any atom is 0.124 e. The fourth-order valence-electron chi connectivity index (χ4n) is 3.38. The Labute approximate surface area is 127 Å². The van der Waals surface area contributed by atoms with Crippen molar-refractivity contribution in [3.8, 4) is 11.5 Å². The van der Waals surface area contributed by atoms with Crippen LogP contribution in [0.15, 0.2) is 24.3 Å². The van der Waals surface area contributed by atoms with Crippen LogP contribution in [0.1, 0.15) is 25.7 Å². The van der Waals surface area contributed by atoms with Crippen LogP contribution in [0.3, 0.4) is 0 Å². The van der Waals surface area contributed by atoms with Gasteiger partial charge in [-0.1, -0.05) is 6.07 Å². The first-order valence-corrected chi connectivity index (χ1v) is 7.86. The summed E-state index contributed by atoms with van der Waals surface area (Å²) < 4.78 is 16.8. The molecule has 1 aromatic carbocycles. The lowest BCUT2D eigenvalue weighted by Gasteiger charge is -2.46. The number of ether oxygens (including phenoxy) is 3. The summed E-state index contributed by atoms with van der Waals surface area (Å²) in [6, 6.07) is 8.52. The summed E-state index contributed by atoms with van der Waals surface area (Å²) in [4.78, 5) is 2.54. The molecule has 1 saturated heterocycles. The van der Waals surface area contributed by atoms with E-state index in [9.17, 15) is 0 Å². The molecule has 2 fully saturated rings. The van der Waals surface area contributed by atoms with Crippen LogP contribution in [0.2, 0.25) is 0 Å². The van der Waals surface area contributed by atoms with E-state index in [-0.39, 0.29) is 0 Å². The van der Waals surface area contributed by atoms with Crippen LogP contribution >= 0.6 is 0 Å². The van der Waals surface area contributed by atoms with Gasteiger partial charge in [0.1, 0.15) is 17.6 Å². The van der Waals surface area contributed by atoms with Crippen molar-refractivity contribution in [2.45, 2.75) is 43.9 Å². The van der Waals surface area contributed by atoms with Crippen molar-refractivity contribution < 1.29 is 14.2 Å². The molecule has 0 amide bonds. The molecule has 1 aliphatic carbocycles. The Morgan fingerprint density at radius 1 is 1.05 bits per heavy atom. The third-order valence-corrected chi connectivity index (χ3v) is 4.67. The third-order valence-electron chi connectivity index (χ3n) is 4.67. The van der Waals surface area contributed by atoms with Crippen molar-refractivity contribution >= 4 is 0 Å². The van der Waals surface area contributed by atoms with E-state index >= 15 is 0 Å². The molecule has 1 aromatic rings. The van der Waals surface area contributed by atoms with Gasteiger partial charge in [0.05, 0.1) is 13.2 Å². The Hall–Kier alpha value is -1.26. The first-order valence-electron chi connectivity index (χ1n) is 7.86. The summed E-state index contributed by atoms with van der Waals surface area (Å²) in [5.74, 6) is 1.75. The van der Waals surface area contributed by atoms with Gasteiger partial charge in [0, 0.05) is 32.3 Å². The van der Waals surface area contributed by atoms with Gasteiger partial charge in [-0.25, -0.2) is 0 Å². The van der Waals surface area contributed by atoms with E-state index < -0.39 is 0 Å². The van der Waals surface area contributed by atoms with E-state index in [4.69, 9.17) is 14.2 Å². The average molecular weight is 291 g/mol. The van der Waals surface area contributed by atoms with Gasteiger partial charge in [-0.2, -0.15) is 0 Å². The van der Waals surface area contributed by atoms with Crippen LogP contribution in [-0.2, 0) is 4.74 Å². The van der Waals surface area contributed by atoms with E-state index in [2.05, 4.69) is 4.90 Å². The van der Waals surface area contributed by atoms with E-state index in [1.807, 2.05) is 31.4 Å². The lowest BCUT2D eigenvalue weighted by Crippen LogP contribution is -2.58. The molecule has 116 valence electrons. The maximum atomic E-state index is 6.01. The van der Waals surface area contributed by atoms with E-state index in [0.29, 0.717) is 18.2 Å². The van der Waals surface area contributed by atoms with Crippen molar-refractivity contribution in [3.05, 3.63) is 24.3 Å². The highest BCUT2D eigenvalue weighted by Gasteiger charge is 2.36. The first kappa shape index (κ1) is 14.7. The fraction of sp³-hybridized carbons (Fsp3) is 0.647. The molecule has 4 heteroatoms. The molecule has 1 heterocycles. The predicted molar refractivity (Wildman–Crippen MR) is 82.0 cm³/mol. The van der Waals surface area contributed by atoms with Crippen LogP contribution < -0.4 is 9.47 Å². The van der Waals surface area contributed by atoms with Crippen molar-refractivity contribution in [2.24, 2.45) is 0 Å². The van der Waals surface area contributed by atoms with Crippen LogP contribution in [-0.4, -0.2) is 50.5 Å². The van der Waals surface area contributed by atoms with E-state index in [1.165, 1.54) is 25.7 Å². The topological polar surface area (TPSA) is 30.9 Å². The molecule has 1 aliphatic heterocycles. The molecule has 4 nitrogen and oxygen atoms in total. The SMILES string of the molecule is COc1cccc(OC2CN(C3CCCC(OC)C3)C2)c1. The molecule has 1 saturated carbocycles. The van der Waals surface area contributed by atoms with Crippen LogP contribution in [0.25, 0.3) is 0 Å². The monoisotopic (exact) mass is 291 g/mol. The summed E-state index contributed by atoms with van der Waals surface area (Å²) in [6.07, 6.45) is 5.71. The molecule has 0 aromatic heterocycles. The number of likely N-dealkylation sites (tertiary alicyclic amines) is 1. The Morgan fingerprint density at radius 2 is 1.86 bits per heavy atom. The number of benzene rings is 1. The van der Waals surface area contributed by atoms with Crippen LogP contribution in [0, 0.1) is 0 Å². The van der Waals surface area contributed by atoms with Gasteiger partial charge in [-0.05, 0) is 37.8 Å². The van der Waals surface area contributed by atoms with E-state index in [0.717, 1.165) is 24.6 Å². The minimum absolute atomic E-state index is 0.306. The normalized spacial score (nSPS) is 27.1. The Balaban J connectivity index is 1.47. The standard InChI is InChI=1S/C17H25NO3/c1-19-14-6-3-5-13(9-14)18-11-17(12-18)21-16-8-4-7-15(10-16)20-2/h4,7-8,10,13-14,17H,3,5-6,9,11-12H2,1-2H3. The van der Waals surface area contributed by atoms with Gasteiger partial charge in [0.15, 0.2) is 0 Å². The number of rotatable bonds is 5. The Morgan fingerprint density at radius 3 is 2.62 bits per heavy atom. The number of hydrogen-bond donors (Lipinski definition) is 0. The summed E-state index contributed by atoms with van der Waals surface area (Å²) in [5.41, 5.74) is 0. The number of hydrogen-bond acceptors (Lipinski definition) is 4. The number of nitrogens with zero attached hydrogens (tertiary/aromatic N) is 1.